The monoisotopic (exact) mass is 568 g/mol. The second-order valence-electron chi connectivity index (χ2n) is 8.03. The highest BCUT2D eigenvalue weighted by Gasteiger charge is 2.16. The topological polar surface area (TPSA) is 68.2 Å². The molecule has 182 valence electrons. The van der Waals surface area contributed by atoms with Gasteiger partial charge in [-0.2, -0.15) is 0 Å². The molecular weight excluding hydrogens is 531 g/mol. The van der Waals surface area contributed by atoms with Crippen molar-refractivity contribution in [2.75, 3.05) is 40.5 Å². The molecule has 33 heavy (non-hydrogen) atoms. The van der Waals surface area contributed by atoms with Crippen LogP contribution in [0, 0.1) is 5.92 Å². The Labute approximate surface area is 215 Å². The molecule has 0 spiro atoms. The van der Waals surface area contributed by atoms with Crippen LogP contribution in [0.1, 0.15) is 38.2 Å². The number of rotatable bonds is 10. The third-order valence-corrected chi connectivity index (χ3v) is 5.59. The number of nitrogens with one attached hydrogen (secondary N) is 1. The minimum Gasteiger partial charge on any atom is -0.490 e. The number of hydrogen-bond acceptors (Lipinski definition) is 5. The van der Waals surface area contributed by atoms with Crippen LogP contribution in [0.2, 0.25) is 0 Å². The average Bonchev–Trinajstić information content (AvgIpc) is 2.84. The van der Waals surface area contributed by atoms with Gasteiger partial charge >= 0.3 is 0 Å². The standard InChI is InChI=1S/C25H36N4O3.HI/c1-4-16-31-22-9-5-6-10-23(22)32-24-21(8-7-14-27-24)19-28-25(26-2)29(3)15-11-20-12-17-30-18-13-20;/h5-10,14,20H,4,11-13,15-19H2,1-3H3,(H,26,28);1H. The molecule has 2 aromatic rings. The molecule has 0 atom stereocenters. The number of ether oxygens (including phenoxy) is 3. The Morgan fingerprint density at radius 1 is 1.18 bits per heavy atom. The molecule has 1 aliphatic heterocycles. The summed E-state index contributed by atoms with van der Waals surface area (Å²) in [6.07, 6.45) is 6.13. The van der Waals surface area contributed by atoms with E-state index >= 15 is 0 Å². The Hall–Kier alpha value is -2.07. The molecule has 1 aromatic carbocycles. The predicted octanol–water partition coefficient (Wildman–Crippen LogP) is 5.10. The molecule has 0 unspecified atom stereocenters. The van der Waals surface area contributed by atoms with Crippen LogP contribution in [0.5, 0.6) is 17.4 Å². The highest BCUT2D eigenvalue weighted by Crippen LogP contribution is 2.32. The van der Waals surface area contributed by atoms with Crippen molar-refractivity contribution in [2.45, 2.75) is 39.2 Å². The van der Waals surface area contributed by atoms with Crippen LogP contribution >= 0.6 is 24.0 Å². The quantitative estimate of drug-likeness (QED) is 0.244. The molecule has 0 saturated carbocycles. The van der Waals surface area contributed by atoms with Gasteiger partial charge in [0, 0.05) is 52.2 Å². The molecule has 3 rings (SSSR count). The maximum Gasteiger partial charge on any atom is 0.224 e. The SMILES string of the molecule is CCCOc1ccccc1Oc1ncccc1CNC(=NC)N(C)CCC1CCOCC1.I. The lowest BCUT2D eigenvalue weighted by Crippen LogP contribution is -2.39. The second-order valence-corrected chi connectivity index (χ2v) is 8.03. The molecule has 0 radical (unpaired) electrons. The summed E-state index contributed by atoms with van der Waals surface area (Å²) in [7, 11) is 3.89. The van der Waals surface area contributed by atoms with Crippen molar-refractivity contribution >= 4 is 29.9 Å². The molecule has 1 aliphatic rings. The average molecular weight is 569 g/mol. The minimum absolute atomic E-state index is 0. The molecular formula is C25H37IN4O3. The molecule has 8 heteroatoms. The van der Waals surface area contributed by atoms with E-state index in [1.807, 2.05) is 43.4 Å². The zero-order chi connectivity index (χ0) is 22.6. The van der Waals surface area contributed by atoms with E-state index in [-0.39, 0.29) is 24.0 Å². The summed E-state index contributed by atoms with van der Waals surface area (Å²) >= 11 is 0. The molecule has 0 amide bonds. The zero-order valence-electron chi connectivity index (χ0n) is 20.0. The van der Waals surface area contributed by atoms with Gasteiger partial charge in [-0.25, -0.2) is 4.98 Å². The van der Waals surface area contributed by atoms with Crippen molar-refractivity contribution < 1.29 is 14.2 Å². The molecule has 1 N–H and O–H groups in total. The van der Waals surface area contributed by atoms with Crippen LogP contribution in [0.4, 0.5) is 0 Å². The number of nitrogens with zero attached hydrogens (tertiary/aromatic N) is 3. The van der Waals surface area contributed by atoms with Gasteiger partial charge in [-0.1, -0.05) is 25.1 Å². The number of pyridine rings is 1. The Kier molecular flexibility index (Phi) is 12.3. The Morgan fingerprint density at radius 3 is 2.67 bits per heavy atom. The summed E-state index contributed by atoms with van der Waals surface area (Å²) in [5.74, 6) is 3.55. The molecule has 0 aliphatic carbocycles. The maximum absolute atomic E-state index is 6.15. The number of para-hydroxylation sites is 2. The van der Waals surface area contributed by atoms with Gasteiger partial charge in [-0.3, -0.25) is 4.99 Å². The van der Waals surface area contributed by atoms with Crippen molar-refractivity contribution in [3.63, 3.8) is 0 Å². The normalized spacial score (nSPS) is 14.3. The van der Waals surface area contributed by atoms with Gasteiger partial charge in [0.15, 0.2) is 17.5 Å². The van der Waals surface area contributed by atoms with Crippen LogP contribution in [-0.2, 0) is 11.3 Å². The molecule has 7 nitrogen and oxygen atoms in total. The summed E-state index contributed by atoms with van der Waals surface area (Å²) in [4.78, 5) is 11.1. The summed E-state index contributed by atoms with van der Waals surface area (Å²) in [6, 6.07) is 11.6. The largest absolute Gasteiger partial charge is 0.490 e. The van der Waals surface area contributed by atoms with E-state index in [4.69, 9.17) is 14.2 Å². The summed E-state index contributed by atoms with van der Waals surface area (Å²) in [5, 5.41) is 3.45. The lowest BCUT2D eigenvalue weighted by Gasteiger charge is -2.27. The number of benzene rings is 1. The number of halogens is 1. The first kappa shape index (κ1) is 27.2. The first-order valence-corrected chi connectivity index (χ1v) is 11.5. The van der Waals surface area contributed by atoms with Crippen molar-refractivity contribution in [1.29, 1.82) is 0 Å². The van der Waals surface area contributed by atoms with Crippen molar-refractivity contribution in [2.24, 2.45) is 10.9 Å². The first-order valence-electron chi connectivity index (χ1n) is 11.5. The fourth-order valence-corrected chi connectivity index (χ4v) is 3.70. The zero-order valence-corrected chi connectivity index (χ0v) is 22.3. The number of hydrogen-bond donors (Lipinski definition) is 1. The van der Waals surface area contributed by atoms with Crippen LogP contribution in [0.3, 0.4) is 0 Å². The first-order chi connectivity index (χ1) is 15.7. The van der Waals surface area contributed by atoms with Crippen molar-refractivity contribution in [1.82, 2.24) is 15.2 Å². The van der Waals surface area contributed by atoms with Gasteiger partial charge in [0.2, 0.25) is 5.88 Å². The fraction of sp³-hybridized carbons (Fsp3) is 0.520. The van der Waals surface area contributed by atoms with Crippen LogP contribution in [0.25, 0.3) is 0 Å². The highest BCUT2D eigenvalue weighted by atomic mass is 127. The van der Waals surface area contributed by atoms with Gasteiger partial charge in [0.05, 0.1) is 6.61 Å². The van der Waals surface area contributed by atoms with E-state index < -0.39 is 0 Å². The second kappa shape index (κ2) is 15.0. The summed E-state index contributed by atoms with van der Waals surface area (Å²) in [6.45, 7) is 6.03. The van der Waals surface area contributed by atoms with Gasteiger partial charge in [-0.05, 0) is 49.8 Å². The minimum atomic E-state index is 0. The van der Waals surface area contributed by atoms with Crippen LogP contribution in [-0.4, -0.2) is 56.3 Å². The van der Waals surface area contributed by atoms with Gasteiger partial charge < -0.3 is 24.4 Å². The van der Waals surface area contributed by atoms with E-state index in [2.05, 4.69) is 34.2 Å². The van der Waals surface area contributed by atoms with Gasteiger partial charge in [-0.15, -0.1) is 24.0 Å². The van der Waals surface area contributed by atoms with E-state index in [1.165, 1.54) is 0 Å². The number of guanidine groups is 1. The molecule has 2 heterocycles. The Balaban J connectivity index is 0.00000385. The van der Waals surface area contributed by atoms with Crippen LogP contribution in [0.15, 0.2) is 47.6 Å². The smallest absolute Gasteiger partial charge is 0.224 e. The molecule has 0 bridgehead atoms. The van der Waals surface area contributed by atoms with Crippen molar-refractivity contribution in [3.05, 3.63) is 48.2 Å². The molecule has 1 saturated heterocycles. The summed E-state index contributed by atoms with van der Waals surface area (Å²) < 4.78 is 17.4. The third kappa shape index (κ3) is 8.66. The number of aliphatic imine (C=N–C) groups is 1. The van der Waals surface area contributed by atoms with Gasteiger partial charge in [0.1, 0.15) is 0 Å². The predicted molar refractivity (Wildman–Crippen MR) is 143 cm³/mol. The van der Waals surface area contributed by atoms with Crippen molar-refractivity contribution in [3.8, 4) is 17.4 Å². The lowest BCUT2D eigenvalue weighted by atomic mass is 9.96. The fourth-order valence-electron chi connectivity index (χ4n) is 3.70. The molecule has 1 fully saturated rings. The van der Waals surface area contributed by atoms with Crippen LogP contribution < -0.4 is 14.8 Å². The van der Waals surface area contributed by atoms with E-state index in [0.29, 0.717) is 24.8 Å². The van der Waals surface area contributed by atoms with E-state index in [0.717, 1.165) is 68.6 Å². The molecule has 1 aromatic heterocycles. The van der Waals surface area contributed by atoms with E-state index in [9.17, 15) is 0 Å². The third-order valence-electron chi connectivity index (χ3n) is 5.59. The number of aromatic nitrogens is 1. The van der Waals surface area contributed by atoms with Gasteiger partial charge in [0.25, 0.3) is 0 Å². The lowest BCUT2D eigenvalue weighted by molar-refractivity contribution is 0.0625. The van der Waals surface area contributed by atoms with E-state index in [1.54, 1.807) is 6.20 Å². The maximum atomic E-state index is 6.15. The highest BCUT2D eigenvalue weighted by molar-refractivity contribution is 14.0. The summed E-state index contributed by atoms with van der Waals surface area (Å²) in [5.41, 5.74) is 0.955. The Bertz CT molecular complexity index is 859. The Morgan fingerprint density at radius 2 is 1.94 bits per heavy atom.